The third-order valence-electron chi connectivity index (χ3n) is 3.60. The molecule has 1 saturated carbocycles. The van der Waals surface area contributed by atoms with E-state index >= 15 is 0 Å². The molecular formula is C14H16F2N4O2. The molecule has 6 nitrogen and oxygen atoms in total. The van der Waals surface area contributed by atoms with Crippen molar-refractivity contribution in [3.63, 3.8) is 0 Å². The summed E-state index contributed by atoms with van der Waals surface area (Å²) in [5.41, 5.74) is 0.280. The van der Waals surface area contributed by atoms with Gasteiger partial charge in [-0.3, -0.25) is 9.36 Å². The molecule has 0 unspecified atom stereocenters. The zero-order chi connectivity index (χ0) is 15.7. The number of alkyl halides is 2. The number of nitrogens with zero attached hydrogens (tertiary/aromatic N) is 3. The van der Waals surface area contributed by atoms with Crippen LogP contribution < -0.4 is 5.32 Å². The van der Waals surface area contributed by atoms with Crippen LogP contribution in [0.3, 0.4) is 0 Å². The van der Waals surface area contributed by atoms with Crippen LogP contribution in [0.4, 0.5) is 8.78 Å². The van der Waals surface area contributed by atoms with Crippen molar-refractivity contribution in [2.75, 3.05) is 6.54 Å². The second-order valence-electron chi connectivity index (χ2n) is 5.33. The molecule has 2 aromatic rings. The molecule has 0 aliphatic heterocycles. The second-order valence-corrected chi connectivity index (χ2v) is 5.33. The van der Waals surface area contributed by atoms with Gasteiger partial charge in [0.05, 0.1) is 0 Å². The average molecular weight is 310 g/mol. The number of carbonyl (C=O) groups excluding carboxylic acids is 1. The van der Waals surface area contributed by atoms with E-state index in [2.05, 4.69) is 15.5 Å². The quantitative estimate of drug-likeness (QED) is 0.889. The lowest BCUT2D eigenvalue weighted by Crippen LogP contribution is -2.28. The molecule has 8 heteroatoms. The van der Waals surface area contributed by atoms with E-state index < -0.39 is 12.5 Å². The van der Waals surface area contributed by atoms with Gasteiger partial charge < -0.3 is 9.84 Å². The number of hydrogen-bond donors (Lipinski definition) is 1. The van der Waals surface area contributed by atoms with Gasteiger partial charge in [-0.15, -0.1) is 0 Å². The first-order valence-electron chi connectivity index (χ1n) is 7.13. The standard InChI is InChI=1S/C14H16F2N4O2/c1-8-2-5-10(20(8)14(15)16)13(21)17-7-6-11-18-12(19-22-11)9-3-4-9/h2,5,9,14H,3-4,6-7H2,1H3,(H,17,21). The molecule has 0 bridgehead atoms. The minimum Gasteiger partial charge on any atom is -0.350 e. The fraction of sp³-hybridized carbons (Fsp3) is 0.500. The van der Waals surface area contributed by atoms with Crippen molar-refractivity contribution < 1.29 is 18.1 Å². The number of nitrogens with one attached hydrogen (secondary N) is 1. The topological polar surface area (TPSA) is 73.0 Å². The first-order chi connectivity index (χ1) is 10.6. The molecular weight excluding hydrogens is 294 g/mol. The van der Waals surface area contributed by atoms with Gasteiger partial charge in [0.15, 0.2) is 5.82 Å². The van der Waals surface area contributed by atoms with Crippen molar-refractivity contribution in [3.05, 3.63) is 35.2 Å². The van der Waals surface area contributed by atoms with Crippen molar-refractivity contribution in [3.8, 4) is 0 Å². The molecule has 0 aromatic carbocycles. The fourth-order valence-electron chi connectivity index (χ4n) is 2.24. The number of aromatic nitrogens is 3. The van der Waals surface area contributed by atoms with E-state index in [9.17, 15) is 13.6 Å². The Kier molecular flexibility index (Phi) is 3.91. The van der Waals surface area contributed by atoms with E-state index in [-0.39, 0.29) is 12.2 Å². The molecule has 0 atom stereocenters. The first-order valence-corrected chi connectivity index (χ1v) is 7.13. The number of hydrogen-bond acceptors (Lipinski definition) is 4. The zero-order valence-corrected chi connectivity index (χ0v) is 12.1. The van der Waals surface area contributed by atoms with Crippen molar-refractivity contribution in [1.29, 1.82) is 0 Å². The van der Waals surface area contributed by atoms with Crippen LogP contribution in [0, 0.1) is 6.92 Å². The van der Waals surface area contributed by atoms with Gasteiger partial charge in [0.1, 0.15) is 5.69 Å². The Morgan fingerprint density at radius 1 is 1.50 bits per heavy atom. The molecule has 0 spiro atoms. The largest absolute Gasteiger partial charge is 0.350 e. The molecule has 0 radical (unpaired) electrons. The Hall–Kier alpha value is -2.25. The van der Waals surface area contributed by atoms with Gasteiger partial charge in [0, 0.05) is 24.6 Å². The Bertz CT molecular complexity index is 676. The smallest absolute Gasteiger partial charge is 0.319 e. The normalized spacial score (nSPS) is 14.5. The van der Waals surface area contributed by atoms with Gasteiger partial charge in [-0.2, -0.15) is 13.8 Å². The number of halogens is 2. The summed E-state index contributed by atoms with van der Waals surface area (Å²) in [7, 11) is 0. The van der Waals surface area contributed by atoms with Crippen molar-refractivity contribution in [2.24, 2.45) is 0 Å². The molecule has 1 N–H and O–H groups in total. The lowest BCUT2D eigenvalue weighted by molar-refractivity contribution is 0.0618. The van der Waals surface area contributed by atoms with Crippen LogP contribution in [0.15, 0.2) is 16.7 Å². The summed E-state index contributed by atoms with van der Waals surface area (Å²) >= 11 is 0. The summed E-state index contributed by atoms with van der Waals surface area (Å²) < 4.78 is 31.6. The SMILES string of the molecule is Cc1ccc(C(=O)NCCc2nc(C3CC3)no2)n1C(F)F. The van der Waals surface area contributed by atoms with E-state index in [4.69, 9.17) is 4.52 Å². The Morgan fingerprint density at radius 2 is 2.27 bits per heavy atom. The molecule has 1 aliphatic rings. The Balaban J connectivity index is 1.55. The molecule has 22 heavy (non-hydrogen) atoms. The Morgan fingerprint density at radius 3 is 2.95 bits per heavy atom. The minimum atomic E-state index is -2.74. The van der Waals surface area contributed by atoms with E-state index in [0.29, 0.717) is 34.3 Å². The highest BCUT2D eigenvalue weighted by Crippen LogP contribution is 2.38. The van der Waals surface area contributed by atoms with Gasteiger partial charge in [-0.25, -0.2) is 0 Å². The lowest BCUT2D eigenvalue weighted by atomic mass is 10.3. The molecule has 1 amide bonds. The van der Waals surface area contributed by atoms with Gasteiger partial charge in [-0.1, -0.05) is 5.16 Å². The van der Waals surface area contributed by atoms with E-state index in [1.54, 1.807) is 0 Å². The zero-order valence-electron chi connectivity index (χ0n) is 12.1. The van der Waals surface area contributed by atoms with Gasteiger partial charge in [0.2, 0.25) is 5.89 Å². The maximum atomic E-state index is 12.9. The van der Waals surface area contributed by atoms with Gasteiger partial charge >= 0.3 is 6.55 Å². The molecule has 2 aromatic heterocycles. The molecule has 0 saturated heterocycles. The maximum Gasteiger partial charge on any atom is 0.319 e. The van der Waals surface area contributed by atoms with Crippen LogP contribution in [-0.2, 0) is 6.42 Å². The molecule has 3 rings (SSSR count). The number of amides is 1. The predicted molar refractivity (Wildman–Crippen MR) is 72.7 cm³/mol. The maximum absolute atomic E-state index is 12.9. The first kappa shape index (κ1) is 14.7. The molecule has 1 fully saturated rings. The highest BCUT2D eigenvalue weighted by atomic mass is 19.3. The van der Waals surface area contributed by atoms with Crippen LogP contribution in [0.1, 0.15) is 53.2 Å². The van der Waals surface area contributed by atoms with Crippen molar-refractivity contribution in [2.45, 2.75) is 38.7 Å². The summed E-state index contributed by atoms with van der Waals surface area (Å²) in [5, 5.41) is 6.46. The van der Waals surface area contributed by atoms with Crippen LogP contribution in [-0.4, -0.2) is 27.2 Å². The summed E-state index contributed by atoms with van der Waals surface area (Å²) in [4.78, 5) is 16.2. The predicted octanol–water partition coefficient (Wildman–Crippen LogP) is 2.42. The van der Waals surface area contributed by atoms with Crippen LogP contribution in [0.2, 0.25) is 0 Å². The second kappa shape index (κ2) is 5.86. The van der Waals surface area contributed by atoms with E-state index in [1.807, 2.05) is 0 Å². The van der Waals surface area contributed by atoms with Crippen LogP contribution in [0.5, 0.6) is 0 Å². The van der Waals surface area contributed by atoms with Crippen molar-refractivity contribution in [1.82, 2.24) is 20.0 Å². The molecule has 118 valence electrons. The summed E-state index contributed by atoms with van der Waals surface area (Å²) in [6.45, 7) is -0.966. The average Bonchev–Trinajstić information content (AvgIpc) is 3.09. The van der Waals surface area contributed by atoms with E-state index in [0.717, 1.165) is 12.8 Å². The molecule has 1 aliphatic carbocycles. The third kappa shape index (κ3) is 3.00. The third-order valence-corrected chi connectivity index (χ3v) is 3.60. The minimum absolute atomic E-state index is 0.0586. The molecule has 2 heterocycles. The summed E-state index contributed by atoms with van der Waals surface area (Å²) in [6.07, 6.45) is 2.54. The highest BCUT2D eigenvalue weighted by Gasteiger charge is 2.28. The van der Waals surface area contributed by atoms with Crippen LogP contribution in [0.25, 0.3) is 0 Å². The van der Waals surface area contributed by atoms with Crippen molar-refractivity contribution >= 4 is 5.91 Å². The highest BCUT2D eigenvalue weighted by molar-refractivity contribution is 5.92. The summed E-state index contributed by atoms with van der Waals surface area (Å²) in [6, 6.07) is 2.87. The fourth-order valence-corrected chi connectivity index (χ4v) is 2.24. The van der Waals surface area contributed by atoms with Gasteiger partial charge in [-0.05, 0) is 31.9 Å². The number of aryl methyl sites for hydroxylation is 1. The van der Waals surface area contributed by atoms with E-state index in [1.165, 1.54) is 19.1 Å². The Labute approximate surface area is 125 Å². The van der Waals surface area contributed by atoms with Crippen LogP contribution >= 0.6 is 0 Å². The summed E-state index contributed by atoms with van der Waals surface area (Å²) in [5.74, 6) is 1.02. The number of carbonyl (C=O) groups is 1. The number of rotatable bonds is 6. The lowest BCUT2D eigenvalue weighted by Gasteiger charge is -2.10. The van der Waals surface area contributed by atoms with Gasteiger partial charge in [0.25, 0.3) is 5.91 Å². The monoisotopic (exact) mass is 310 g/mol.